The van der Waals surface area contributed by atoms with E-state index in [0.717, 1.165) is 10.2 Å². The Balaban J connectivity index is 1.67. The summed E-state index contributed by atoms with van der Waals surface area (Å²) in [6, 6.07) is 17.1. The van der Waals surface area contributed by atoms with Gasteiger partial charge in [-0.3, -0.25) is 14.9 Å². The normalized spacial score (nSPS) is 11.7. The summed E-state index contributed by atoms with van der Waals surface area (Å²) in [5.41, 5.74) is 2.05. The molecule has 0 aliphatic heterocycles. The largest absolute Gasteiger partial charge is 0.481 e. The summed E-state index contributed by atoms with van der Waals surface area (Å²) in [4.78, 5) is 26.2. The monoisotopic (exact) mass is 406 g/mol. The zero-order chi connectivity index (χ0) is 20.4. The van der Waals surface area contributed by atoms with Crippen LogP contribution < -0.4 is 0 Å². The van der Waals surface area contributed by atoms with Gasteiger partial charge in [0, 0.05) is 23.3 Å². The zero-order valence-corrected chi connectivity index (χ0v) is 15.8. The molecule has 144 valence electrons. The molecule has 0 amide bonds. The predicted molar refractivity (Wildman–Crippen MR) is 111 cm³/mol. The number of aliphatic carboxylic acids is 1. The molecule has 0 bridgehead atoms. The Morgan fingerprint density at radius 1 is 1.14 bits per heavy atom. The lowest BCUT2D eigenvalue weighted by Crippen LogP contribution is -1.96. The number of carboxylic acids is 1. The van der Waals surface area contributed by atoms with Crippen LogP contribution in [0.2, 0.25) is 0 Å². The van der Waals surface area contributed by atoms with Gasteiger partial charge in [-0.2, -0.15) is 0 Å². The third-order valence-electron chi connectivity index (χ3n) is 4.22. The van der Waals surface area contributed by atoms with Gasteiger partial charge >= 0.3 is 5.97 Å². The predicted octanol–water partition coefficient (Wildman–Crippen LogP) is 5.48. The highest BCUT2D eigenvalue weighted by Gasteiger charge is 2.14. The second-order valence-electron chi connectivity index (χ2n) is 6.23. The van der Waals surface area contributed by atoms with Crippen molar-refractivity contribution in [2.24, 2.45) is 0 Å². The number of nitro benzene ring substituents is 1. The fraction of sp³-hybridized carbons (Fsp3) is 0.0476. The molecule has 0 saturated carbocycles. The van der Waals surface area contributed by atoms with Crippen molar-refractivity contribution >= 4 is 44.9 Å². The van der Waals surface area contributed by atoms with Gasteiger partial charge in [0.05, 0.1) is 21.6 Å². The number of aromatic nitrogens is 1. The number of hydrogen-bond acceptors (Lipinski definition) is 6. The molecular formula is C21H14N2O5S. The molecule has 0 spiro atoms. The summed E-state index contributed by atoms with van der Waals surface area (Å²) in [6.45, 7) is 0. The van der Waals surface area contributed by atoms with E-state index in [-0.39, 0.29) is 12.1 Å². The van der Waals surface area contributed by atoms with Gasteiger partial charge in [0.1, 0.15) is 16.5 Å². The number of nitrogens with zero attached hydrogens (tertiary/aromatic N) is 2. The van der Waals surface area contributed by atoms with Gasteiger partial charge in [-0.25, -0.2) is 4.98 Å². The van der Waals surface area contributed by atoms with E-state index in [2.05, 4.69) is 4.98 Å². The van der Waals surface area contributed by atoms with Crippen molar-refractivity contribution in [3.8, 4) is 11.3 Å². The van der Waals surface area contributed by atoms with Crippen LogP contribution in [0.3, 0.4) is 0 Å². The summed E-state index contributed by atoms with van der Waals surface area (Å²) in [5.74, 6) is 0.0524. The maximum atomic E-state index is 11.4. The van der Waals surface area contributed by atoms with E-state index in [1.54, 1.807) is 30.3 Å². The van der Waals surface area contributed by atoms with Crippen molar-refractivity contribution in [2.45, 2.75) is 6.42 Å². The topological polar surface area (TPSA) is 106 Å². The zero-order valence-electron chi connectivity index (χ0n) is 14.9. The molecule has 4 aromatic rings. The van der Waals surface area contributed by atoms with Gasteiger partial charge in [-0.1, -0.05) is 12.1 Å². The van der Waals surface area contributed by atoms with E-state index in [4.69, 9.17) is 4.42 Å². The lowest BCUT2D eigenvalue weighted by molar-refractivity contribution is -0.384. The second kappa shape index (κ2) is 7.69. The van der Waals surface area contributed by atoms with Crippen LogP contribution >= 0.6 is 11.3 Å². The first kappa shape index (κ1) is 18.6. The van der Waals surface area contributed by atoms with Gasteiger partial charge in [0.2, 0.25) is 0 Å². The Hall–Kier alpha value is -3.78. The molecule has 0 unspecified atom stereocenters. The molecular weight excluding hydrogens is 392 g/mol. The lowest BCUT2D eigenvalue weighted by Gasteiger charge is -2.00. The van der Waals surface area contributed by atoms with Crippen LogP contribution in [-0.2, 0) is 4.79 Å². The number of nitro groups is 1. The third-order valence-corrected chi connectivity index (χ3v) is 5.33. The van der Waals surface area contributed by atoms with Crippen molar-refractivity contribution in [2.75, 3.05) is 0 Å². The Labute approximate surface area is 168 Å². The van der Waals surface area contributed by atoms with Gasteiger partial charge in [0.25, 0.3) is 5.69 Å². The first-order valence-corrected chi connectivity index (χ1v) is 9.44. The molecule has 0 aliphatic rings. The number of fused-ring (bicyclic) bond motifs is 1. The highest BCUT2D eigenvalue weighted by molar-refractivity contribution is 7.19. The standard InChI is InChI=1S/C21H14N2O5S/c24-20(25)12-14(21-22-17-3-1-2-4-19(17)29-21)11-16-9-10-18(28-16)13-5-7-15(8-6-13)23(26)27/h1-11H,12H2,(H,24,25)/b14-11+. The minimum Gasteiger partial charge on any atom is -0.481 e. The van der Waals surface area contributed by atoms with Gasteiger partial charge in [-0.05, 0) is 42.5 Å². The number of furan rings is 1. The molecule has 8 heteroatoms. The molecule has 0 radical (unpaired) electrons. The average Bonchev–Trinajstić information content (AvgIpc) is 3.34. The number of hydrogen-bond donors (Lipinski definition) is 1. The first-order valence-electron chi connectivity index (χ1n) is 8.62. The van der Waals surface area contributed by atoms with Crippen LogP contribution in [0.1, 0.15) is 17.2 Å². The van der Waals surface area contributed by atoms with E-state index < -0.39 is 10.9 Å². The number of thiazole rings is 1. The molecule has 0 saturated heterocycles. The van der Waals surface area contributed by atoms with Crippen molar-refractivity contribution in [3.63, 3.8) is 0 Å². The summed E-state index contributed by atoms with van der Waals surface area (Å²) in [6.07, 6.45) is 1.48. The van der Waals surface area contributed by atoms with Crippen LogP contribution in [-0.4, -0.2) is 21.0 Å². The van der Waals surface area contributed by atoms with E-state index in [9.17, 15) is 20.0 Å². The van der Waals surface area contributed by atoms with E-state index in [1.165, 1.54) is 23.5 Å². The molecule has 2 aromatic carbocycles. The summed E-state index contributed by atoms with van der Waals surface area (Å²) in [5, 5.41) is 20.7. The molecule has 0 atom stereocenters. The third kappa shape index (κ3) is 4.07. The van der Waals surface area contributed by atoms with Crippen LogP contribution in [0.5, 0.6) is 0 Å². The molecule has 29 heavy (non-hydrogen) atoms. The van der Waals surface area contributed by atoms with Gasteiger partial charge in [0.15, 0.2) is 0 Å². The van der Waals surface area contributed by atoms with Crippen LogP contribution in [0.25, 0.3) is 33.2 Å². The second-order valence-corrected chi connectivity index (χ2v) is 7.26. The Bertz CT molecular complexity index is 1200. The van der Waals surface area contributed by atoms with Crippen molar-refractivity contribution < 1.29 is 19.2 Å². The van der Waals surface area contributed by atoms with E-state index >= 15 is 0 Å². The average molecular weight is 406 g/mol. The molecule has 4 rings (SSSR count). The minimum absolute atomic E-state index is 0.00000538. The smallest absolute Gasteiger partial charge is 0.307 e. The summed E-state index contributed by atoms with van der Waals surface area (Å²) >= 11 is 1.43. The fourth-order valence-electron chi connectivity index (χ4n) is 2.87. The maximum absolute atomic E-state index is 11.4. The molecule has 0 fully saturated rings. The fourth-order valence-corrected chi connectivity index (χ4v) is 3.84. The Morgan fingerprint density at radius 3 is 2.59 bits per heavy atom. The molecule has 0 aliphatic carbocycles. The van der Waals surface area contributed by atoms with Crippen molar-refractivity contribution in [1.82, 2.24) is 4.98 Å². The highest BCUT2D eigenvalue weighted by atomic mass is 32.1. The lowest BCUT2D eigenvalue weighted by atomic mass is 10.1. The summed E-state index contributed by atoms with van der Waals surface area (Å²) in [7, 11) is 0. The van der Waals surface area contributed by atoms with Crippen LogP contribution in [0, 0.1) is 10.1 Å². The van der Waals surface area contributed by atoms with E-state index in [0.29, 0.717) is 27.7 Å². The molecule has 1 N–H and O–H groups in total. The number of para-hydroxylation sites is 1. The first-order chi connectivity index (χ1) is 14.0. The Morgan fingerprint density at radius 2 is 1.90 bits per heavy atom. The SMILES string of the molecule is O=C(O)C/C(=C\c1ccc(-c2ccc([N+](=O)[O-])cc2)o1)c1nc2ccccc2s1. The molecule has 2 aromatic heterocycles. The number of rotatable bonds is 6. The highest BCUT2D eigenvalue weighted by Crippen LogP contribution is 2.32. The van der Waals surface area contributed by atoms with Crippen LogP contribution in [0.4, 0.5) is 5.69 Å². The van der Waals surface area contributed by atoms with Gasteiger partial charge in [-0.15, -0.1) is 11.3 Å². The number of non-ortho nitro benzene ring substituents is 1. The van der Waals surface area contributed by atoms with Crippen molar-refractivity contribution in [1.29, 1.82) is 0 Å². The summed E-state index contributed by atoms with van der Waals surface area (Å²) < 4.78 is 6.79. The Kier molecular flexibility index (Phi) is 4.92. The molecule has 2 heterocycles. The maximum Gasteiger partial charge on any atom is 0.307 e. The van der Waals surface area contributed by atoms with Crippen molar-refractivity contribution in [3.05, 3.63) is 81.5 Å². The van der Waals surface area contributed by atoms with Gasteiger partial charge < -0.3 is 9.52 Å². The minimum atomic E-state index is -0.961. The number of carbonyl (C=O) groups is 1. The van der Waals surface area contributed by atoms with E-state index in [1.807, 2.05) is 24.3 Å². The van der Waals surface area contributed by atoms with Crippen LogP contribution in [0.15, 0.2) is 65.1 Å². The quantitative estimate of drug-likeness (QED) is 0.336. The number of benzene rings is 2. The molecule has 7 nitrogen and oxygen atoms in total. The number of carboxylic acid groups (broad SMARTS) is 1.